The lowest BCUT2D eigenvalue weighted by atomic mass is 10.0. The molecule has 152 valence electrons. The highest BCUT2D eigenvalue weighted by atomic mass is 16.5. The average molecular weight is 375 g/mol. The minimum Gasteiger partial charge on any atom is -0.462 e. The SMILES string of the molecule is CCCCCCCCCCCCCCCCOC(=O)c1ccc(C=O)cc1. The summed E-state index contributed by atoms with van der Waals surface area (Å²) in [4.78, 5) is 22.5. The van der Waals surface area contributed by atoms with Crippen LogP contribution in [0.1, 0.15) is 118 Å². The van der Waals surface area contributed by atoms with E-state index in [1.54, 1.807) is 24.3 Å². The van der Waals surface area contributed by atoms with Crippen molar-refractivity contribution in [3.05, 3.63) is 35.4 Å². The van der Waals surface area contributed by atoms with E-state index in [9.17, 15) is 9.59 Å². The summed E-state index contributed by atoms with van der Waals surface area (Å²) in [5.74, 6) is -0.304. The fourth-order valence-electron chi connectivity index (χ4n) is 3.24. The lowest BCUT2D eigenvalue weighted by Gasteiger charge is -2.05. The molecule has 1 aromatic rings. The van der Waals surface area contributed by atoms with E-state index in [2.05, 4.69) is 6.92 Å². The maximum Gasteiger partial charge on any atom is 0.338 e. The molecule has 0 amide bonds. The molecule has 0 saturated heterocycles. The molecule has 0 spiro atoms. The van der Waals surface area contributed by atoms with Gasteiger partial charge in [-0.1, -0.05) is 103 Å². The summed E-state index contributed by atoms with van der Waals surface area (Å²) in [5, 5.41) is 0. The van der Waals surface area contributed by atoms with Crippen LogP contribution in [0.3, 0.4) is 0 Å². The zero-order chi connectivity index (χ0) is 19.6. The van der Waals surface area contributed by atoms with Crippen molar-refractivity contribution in [2.45, 2.75) is 96.8 Å². The standard InChI is InChI=1S/C24H38O3/c1-2-3-4-5-6-7-8-9-10-11-12-13-14-15-20-27-24(26)23-18-16-22(21-25)17-19-23/h16-19,21H,2-15,20H2,1H3. The van der Waals surface area contributed by atoms with Crippen molar-refractivity contribution in [2.24, 2.45) is 0 Å². The number of benzene rings is 1. The van der Waals surface area contributed by atoms with Crippen LogP contribution in [0.25, 0.3) is 0 Å². The fraction of sp³-hybridized carbons (Fsp3) is 0.667. The molecule has 0 bridgehead atoms. The number of hydrogen-bond donors (Lipinski definition) is 0. The summed E-state index contributed by atoms with van der Waals surface area (Å²) in [6.45, 7) is 2.75. The molecule has 0 saturated carbocycles. The van der Waals surface area contributed by atoms with Crippen molar-refractivity contribution in [1.29, 1.82) is 0 Å². The van der Waals surface area contributed by atoms with Gasteiger partial charge in [-0.2, -0.15) is 0 Å². The summed E-state index contributed by atoms with van der Waals surface area (Å²) < 4.78 is 5.28. The van der Waals surface area contributed by atoms with Crippen LogP contribution >= 0.6 is 0 Å². The molecule has 0 aliphatic carbocycles. The Balaban J connectivity index is 1.86. The fourth-order valence-corrected chi connectivity index (χ4v) is 3.24. The van der Waals surface area contributed by atoms with Crippen LogP contribution in [0, 0.1) is 0 Å². The van der Waals surface area contributed by atoms with Crippen LogP contribution in [0.2, 0.25) is 0 Å². The van der Waals surface area contributed by atoms with E-state index in [1.165, 1.54) is 77.0 Å². The summed E-state index contributed by atoms with van der Waals surface area (Å²) in [7, 11) is 0. The molecule has 0 aromatic heterocycles. The minimum atomic E-state index is -0.304. The second-order valence-corrected chi connectivity index (χ2v) is 7.47. The van der Waals surface area contributed by atoms with E-state index in [-0.39, 0.29) is 5.97 Å². The third-order valence-corrected chi connectivity index (χ3v) is 5.01. The number of ether oxygens (including phenoxy) is 1. The van der Waals surface area contributed by atoms with E-state index in [1.807, 2.05) is 0 Å². The Morgan fingerprint density at radius 3 is 1.63 bits per heavy atom. The van der Waals surface area contributed by atoms with Crippen LogP contribution in [0.5, 0.6) is 0 Å². The van der Waals surface area contributed by atoms with Crippen LogP contribution < -0.4 is 0 Å². The lowest BCUT2D eigenvalue weighted by Crippen LogP contribution is -2.06. The van der Waals surface area contributed by atoms with E-state index in [0.717, 1.165) is 19.1 Å². The highest BCUT2D eigenvalue weighted by Gasteiger charge is 2.06. The molecule has 0 N–H and O–H groups in total. The summed E-state index contributed by atoms with van der Waals surface area (Å²) in [5.41, 5.74) is 1.07. The first-order chi connectivity index (χ1) is 13.3. The number of hydrogen-bond acceptors (Lipinski definition) is 3. The molecular weight excluding hydrogens is 336 g/mol. The first-order valence-electron chi connectivity index (χ1n) is 11.0. The third-order valence-electron chi connectivity index (χ3n) is 5.01. The molecule has 0 fully saturated rings. The summed E-state index contributed by atoms with van der Waals surface area (Å²) in [6.07, 6.45) is 19.2. The Morgan fingerprint density at radius 2 is 1.19 bits per heavy atom. The number of unbranched alkanes of at least 4 members (excludes halogenated alkanes) is 13. The van der Waals surface area contributed by atoms with Crippen LogP contribution in [-0.4, -0.2) is 18.9 Å². The number of rotatable bonds is 17. The van der Waals surface area contributed by atoms with Crippen molar-refractivity contribution in [2.75, 3.05) is 6.61 Å². The Hall–Kier alpha value is -1.64. The lowest BCUT2D eigenvalue weighted by molar-refractivity contribution is 0.0497. The second-order valence-electron chi connectivity index (χ2n) is 7.47. The molecule has 1 rings (SSSR count). The molecular formula is C24H38O3. The largest absolute Gasteiger partial charge is 0.462 e. The van der Waals surface area contributed by atoms with Crippen LogP contribution in [0.4, 0.5) is 0 Å². The Kier molecular flexibility index (Phi) is 14.3. The molecule has 0 atom stereocenters. The predicted octanol–water partition coefficient (Wildman–Crippen LogP) is 7.14. The topological polar surface area (TPSA) is 43.4 Å². The maximum atomic E-state index is 11.9. The van der Waals surface area contributed by atoms with Crippen LogP contribution in [0.15, 0.2) is 24.3 Å². The second kappa shape index (κ2) is 16.5. The van der Waals surface area contributed by atoms with Crippen molar-refractivity contribution >= 4 is 12.3 Å². The van der Waals surface area contributed by atoms with Crippen LogP contribution in [-0.2, 0) is 4.74 Å². The highest BCUT2D eigenvalue weighted by Crippen LogP contribution is 2.13. The number of aldehydes is 1. The molecule has 0 aliphatic rings. The monoisotopic (exact) mass is 374 g/mol. The molecule has 1 aromatic carbocycles. The minimum absolute atomic E-state index is 0.304. The first-order valence-corrected chi connectivity index (χ1v) is 11.0. The van der Waals surface area contributed by atoms with Crippen molar-refractivity contribution in [1.82, 2.24) is 0 Å². The first kappa shape index (κ1) is 23.4. The third kappa shape index (κ3) is 12.4. The van der Waals surface area contributed by atoms with Gasteiger partial charge in [0, 0.05) is 5.56 Å². The maximum absolute atomic E-state index is 11.9. The molecule has 0 unspecified atom stereocenters. The molecule has 27 heavy (non-hydrogen) atoms. The highest BCUT2D eigenvalue weighted by molar-refractivity contribution is 5.90. The quantitative estimate of drug-likeness (QED) is 0.165. The number of esters is 1. The van der Waals surface area contributed by atoms with E-state index in [4.69, 9.17) is 4.74 Å². The van der Waals surface area contributed by atoms with Gasteiger partial charge in [0.05, 0.1) is 12.2 Å². The van der Waals surface area contributed by atoms with Gasteiger partial charge in [0.15, 0.2) is 0 Å². The predicted molar refractivity (Wildman–Crippen MR) is 112 cm³/mol. The van der Waals surface area contributed by atoms with Gasteiger partial charge in [0.25, 0.3) is 0 Å². The molecule has 3 nitrogen and oxygen atoms in total. The van der Waals surface area contributed by atoms with Gasteiger partial charge < -0.3 is 4.74 Å². The number of carbonyl (C=O) groups is 2. The van der Waals surface area contributed by atoms with Gasteiger partial charge in [-0.05, 0) is 18.6 Å². The van der Waals surface area contributed by atoms with Gasteiger partial charge in [-0.15, -0.1) is 0 Å². The van der Waals surface area contributed by atoms with E-state index < -0.39 is 0 Å². The average Bonchev–Trinajstić information content (AvgIpc) is 2.70. The van der Waals surface area contributed by atoms with Gasteiger partial charge in [0.2, 0.25) is 0 Å². The van der Waals surface area contributed by atoms with Crippen molar-refractivity contribution in [3.8, 4) is 0 Å². The zero-order valence-electron chi connectivity index (χ0n) is 17.2. The van der Waals surface area contributed by atoms with Gasteiger partial charge in [-0.3, -0.25) is 4.79 Å². The Bertz CT molecular complexity index is 493. The summed E-state index contributed by atoms with van der Waals surface area (Å²) >= 11 is 0. The molecule has 0 radical (unpaired) electrons. The summed E-state index contributed by atoms with van der Waals surface area (Å²) in [6, 6.07) is 6.54. The smallest absolute Gasteiger partial charge is 0.338 e. The van der Waals surface area contributed by atoms with Gasteiger partial charge in [-0.25, -0.2) is 4.79 Å². The molecule has 0 heterocycles. The normalized spacial score (nSPS) is 10.7. The molecule has 0 aliphatic heterocycles. The molecule has 3 heteroatoms. The van der Waals surface area contributed by atoms with Crippen molar-refractivity contribution in [3.63, 3.8) is 0 Å². The Labute approximate surface area is 165 Å². The van der Waals surface area contributed by atoms with Crippen molar-refractivity contribution < 1.29 is 14.3 Å². The van der Waals surface area contributed by atoms with Gasteiger partial charge >= 0.3 is 5.97 Å². The number of carbonyl (C=O) groups excluding carboxylic acids is 2. The van der Waals surface area contributed by atoms with E-state index in [0.29, 0.717) is 17.7 Å². The Morgan fingerprint density at radius 1 is 0.741 bits per heavy atom. The van der Waals surface area contributed by atoms with E-state index >= 15 is 0 Å². The van der Waals surface area contributed by atoms with Gasteiger partial charge in [0.1, 0.15) is 6.29 Å². The zero-order valence-corrected chi connectivity index (χ0v) is 17.2.